The molecule has 32 heavy (non-hydrogen) atoms. The molecule has 4 nitrogen and oxygen atoms in total. The second kappa shape index (κ2) is 11.1. The van der Waals surface area contributed by atoms with Crippen LogP contribution in [0.5, 0.6) is 17.2 Å². The minimum absolute atomic E-state index is 0.0531. The molecule has 2 rings (SSSR count). The van der Waals surface area contributed by atoms with E-state index in [4.69, 9.17) is 32.7 Å². The summed E-state index contributed by atoms with van der Waals surface area (Å²) < 4.78 is 49.5. The van der Waals surface area contributed by atoms with E-state index in [0.717, 1.165) is 31.0 Å². The molecule has 0 bridgehead atoms. The maximum atomic E-state index is 12.8. The van der Waals surface area contributed by atoms with Gasteiger partial charge >= 0.3 is 6.18 Å². The fourth-order valence-corrected chi connectivity index (χ4v) is 3.53. The number of ether oxygens (including phenoxy) is 2. The summed E-state index contributed by atoms with van der Waals surface area (Å²) in [6.45, 7) is 7.86. The third-order valence-corrected chi connectivity index (χ3v) is 5.75. The Kier molecular flexibility index (Phi) is 9.10. The minimum atomic E-state index is -4.50. The maximum Gasteiger partial charge on any atom is 0.416 e. The van der Waals surface area contributed by atoms with Crippen molar-refractivity contribution in [1.82, 2.24) is 4.90 Å². The fraction of sp³-hybridized carbons (Fsp3) is 0.435. The zero-order valence-electron chi connectivity index (χ0n) is 18.3. The van der Waals surface area contributed by atoms with Crippen LogP contribution in [0.15, 0.2) is 36.4 Å². The molecule has 2 aromatic rings. The van der Waals surface area contributed by atoms with Crippen molar-refractivity contribution in [3.8, 4) is 17.2 Å². The van der Waals surface area contributed by atoms with Gasteiger partial charge in [0.2, 0.25) is 0 Å². The number of benzene rings is 2. The van der Waals surface area contributed by atoms with Crippen molar-refractivity contribution in [2.75, 3.05) is 6.61 Å². The van der Waals surface area contributed by atoms with Crippen LogP contribution in [0.4, 0.5) is 13.2 Å². The Morgan fingerprint density at radius 2 is 1.53 bits per heavy atom. The van der Waals surface area contributed by atoms with Crippen LogP contribution in [-0.4, -0.2) is 29.5 Å². The second-order valence-electron chi connectivity index (χ2n) is 7.44. The highest BCUT2D eigenvalue weighted by atomic mass is 35.5. The van der Waals surface area contributed by atoms with Gasteiger partial charge in [-0.05, 0) is 57.0 Å². The summed E-state index contributed by atoms with van der Waals surface area (Å²) in [7, 11) is 0. The Labute approximate surface area is 196 Å². The third-order valence-electron chi connectivity index (χ3n) is 5.16. The summed E-state index contributed by atoms with van der Waals surface area (Å²) in [4.78, 5) is 14.5. The van der Waals surface area contributed by atoms with Crippen LogP contribution < -0.4 is 9.47 Å². The first kappa shape index (κ1) is 26.1. The average Bonchev–Trinajstić information content (AvgIpc) is 2.73. The predicted octanol–water partition coefficient (Wildman–Crippen LogP) is 7.61. The molecule has 0 heterocycles. The van der Waals surface area contributed by atoms with Crippen LogP contribution in [-0.2, 0) is 11.0 Å². The number of carbonyl (C=O) groups is 1. The van der Waals surface area contributed by atoms with Crippen LogP contribution >= 0.6 is 23.2 Å². The van der Waals surface area contributed by atoms with Crippen molar-refractivity contribution in [2.45, 2.75) is 58.8 Å². The van der Waals surface area contributed by atoms with Crippen molar-refractivity contribution in [3.63, 3.8) is 0 Å². The largest absolute Gasteiger partial charge is 0.482 e. The Morgan fingerprint density at radius 3 is 2.03 bits per heavy atom. The van der Waals surface area contributed by atoms with Crippen molar-refractivity contribution in [2.24, 2.45) is 0 Å². The Morgan fingerprint density at radius 1 is 0.969 bits per heavy atom. The molecule has 2 aromatic carbocycles. The van der Waals surface area contributed by atoms with Gasteiger partial charge in [0.1, 0.15) is 17.2 Å². The van der Waals surface area contributed by atoms with E-state index in [1.54, 1.807) is 0 Å². The number of amides is 1. The SMILES string of the molecule is CCC(C)N(C(=O)COc1ccc(Oc2ccc(C(F)(F)F)cc2Cl)cc1Cl)C(C)CC. The van der Waals surface area contributed by atoms with Crippen LogP contribution in [0.25, 0.3) is 0 Å². The molecule has 9 heteroatoms. The van der Waals surface area contributed by atoms with E-state index in [1.807, 2.05) is 32.6 Å². The highest BCUT2D eigenvalue weighted by molar-refractivity contribution is 6.32. The molecule has 0 radical (unpaired) electrons. The lowest BCUT2D eigenvalue weighted by molar-refractivity contribution is -0.138. The maximum absolute atomic E-state index is 12.8. The van der Waals surface area contributed by atoms with Gasteiger partial charge in [-0.25, -0.2) is 0 Å². The molecule has 2 unspecified atom stereocenters. The number of hydrogen-bond donors (Lipinski definition) is 0. The van der Waals surface area contributed by atoms with E-state index >= 15 is 0 Å². The van der Waals surface area contributed by atoms with Crippen LogP contribution in [0.1, 0.15) is 46.1 Å². The first-order valence-electron chi connectivity index (χ1n) is 10.3. The smallest absolute Gasteiger partial charge is 0.416 e. The second-order valence-corrected chi connectivity index (χ2v) is 8.26. The summed E-state index contributed by atoms with van der Waals surface area (Å²) in [6.07, 6.45) is -2.84. The number of alkyl halides is 3. The summed E-state index contributed by atoms with van der Waals surface area (Å²) in [5, 5.41) is 0.00835. The van der Waals surface area contributed by atoms with Gasteiger partial charge in [-0.3, -0.25) is 4.79 Å². The topological polar surface area (TPSA) is 38.8 Å². The number of carbonyl (C=O) groups excluding carboxylic acids is 1. The molecule has 0 saturated carbocycles. The average molecular weight is 492 g/mol. The summed E-state index contributed by atoms with van der Waals surface area (Å²) in [6, 6.07) is 7.48. The van der Waals surface area contributed by atoms with Gasteiger partial charge in [0, 0.05) is 18.2 Å². The Hall–Kier alpha value is -2.12. The predicted molar refractivity (Wildman–Crippen MR) is 120 cm³/mol. The van der Waals surface area contributed by atoms with Gasteiger partial charge in [0.05, 0.1) is 15.6 Å². The number of rotatable bonds is 9. The molecule has 0 aliphatic rings. The number of hydrogen-bond acceptors (Lipinski definition) is 3. The van der Waals surface area contributed by atoms with Gasteiger partial charge in [-0.1, -0.05) is 37.0 Å². The monoisotopic (exact) mass is 491 g/mol. The minimum Gasteiger partial charge on any atom is -0.482 e. The van der Waals surface area contributed by atoms with Crippen LogP contribution in [0.3, 0.4) is 0 Å². The number of halogens is 5. The first-order valence-corrected chi connectivity index (χ1v) is 11.0. The molecular weight excluding hydrogens is 466 g/mol. The van der Waals surface area contributed by atoms with E-state index in [0.29, 0.717) is 5.75 Å². The van der Waals surface area contributed by atoms with Gasteiger partial charge in [0.25, 0.3) is 5.91 Å². The molecule has 2 atom stereocenters. The lowest BCUT2D eigenvalue weighted by atomic mass is 10.1. The highest BCUT2D eigenvalue weighted by Gasteiger charge is 2.31. The normalized spacial score (nSPS) is 13.4. The molecule has 0 aromatic heterocycles. The zero-order valence-corrected chi connectivity index (χ0v) is 19.8. The van der Waals surface area contributed by atoms with Crippen LogP contribution in [0, 0.1) is 0 Å². The molecular formula is C23H26Cl2F3NO3. The van der Waals surface area contributed by atoms with Crippen molar-refractivity contribution in [3.05, 3.63) is 52.0 Å². The molecule has 1 amide bonds. The van der Waals surface area contributed by atoms with Gasteiger partial charge in [-0.2, -0.15) is 13.2 Å². The Balaban J connectivity index is 2.08. The number of nitrogens with zero attached hydrogens (tertiary/aromatic N) is 1. The van der Waals surface area contributed by atoms with Crippen molar-refractivity contribution < 1.29 is 27.4 Å². The summed E-state index contributed by atoms with van der Waals surface area (Å²) in [5.74, 6) is 0.467. The lowest BCUT2D eigenvalue weighted by Crippen LogP contribution is -2.46. The van der Waals surface area contributed by atoms with Gasteiger partial charge in [-0.15, -0.1) is 0 Å². The van der Waals surface area contributed by atoms with Gasteiger partial charge in [0.15, 0.2) is 6.61 Å². The van der Waals surface area contributed by atoms with E-state index in [2.05, 4.69) is 0 Å². The first-order chi connectivity index (χ1) is 15.0. The third kappa shape index (κ3) is 6.69. The molecule has 176 valence electrons. The quantitative estimate of drug-likeness (QED) is 0.362. The van der Waals surface area contributed by atoms with E-state index in [1.165, 1.54) is 18.2 Å². The standard InChI is InChI=1S/C23H26Cl2F3NO3/c1-5-14(3)29(15(4)6-2)22(30)13-31-20-10-8-17(12-19(20)25)32-21-9-7-16(11-18(21)24)23(26,27)28/h7-12,14-15H,5-6,13H2,1-4H3. The summed E-state index contributed by atoms with van der Waals surface area (Å²) in [5.41, 5.74) is -0.870. The van der Waals surface area contributed by atoms with Crippen molar-refractivity contribution in [1.29, 1.82) is 0 Å². The van der Waals surface area contributed by atoms with E-state index in [9.17, 15) is 18.0 Å². The van der Waals surface area contributed by atoms with E-state index < -0.39 is 11.7 Å². The molecule has 0 aliphatic carbocycles. The van der Waals surface area contributed by atoms with E-state index in [-0.39, 0.29) is 46.1 Å². The summed E-state index contributed by atoms with van der Waals surface area (Å²) >= 11 is 12.2. The molecule has 0 aliphatic heterocycles. The molecule has 0 saturated heterocycles. The highest BCUT2D eigenvalue weighted by Crippen LogP contribution is 2.37. The zero-order chi connectivity index (χ0) is 24.1. The van der Waals surface area contributed by atoms with Crippen molar-refractivity contribution >= 4 is 29.1 Å². The van der Waals surface area contributed by atoms with Gasteiger partial charge < -0.3 is 14.4 Å². The molecule has 0 spiro atoms. The Bertz CT molecular complexity index is 927. The fourth-order valence-electron chi connectivity index (χ4n) is 3.08. The molecule has 0 fully saturated rings. The van der Waals surface area contributed by atoms with Crippen LogP contribution in [0.2, 0.25) is 10.0 Å². The lowest BCUT2D eigenvalue weighted by Gasteiger charge is -2.34. The molecule has 0 N–H and O–H groups in total.